The second kappa shape index (κ2) is 13.3. The Hall–Kier alpha value is -7.09. The van der Waals surface area contributed by atoms with E-state index >= 15 is 0 Å². The molecule has 0 radical (unpaired) electrons. The first kappa shape index (κ1) is 34.2. The minimum Gasteiger partial charge on any atom is -0.256 e. The molecule has 0 spiro atoms. The van der Waals surface area contributed by atoms with Crippen molar-refractivity contribution in [2.75, 3.05) is 0 Å². The molecule has 11 aromatic rings. The maximum absolute atomic E-state index is 4.82. The molecular formula is C57H41N. The highest BCUT2D eigenvalue weighted by Gasteiger charge is 2.22. The largest absolute Gasteiger partial charge is 0.256 e. The van der Waals surface area contributed by atoms with Crippen LogP contribution in [0.1, 0.15) is 26.3 Å². The number of pyridine rings is 1. The Morgan fingerprint density at radius 2 is 0.862 bits per heavy atom. The fraction of sp³-hybridized carbons (Fsp3) is 0.0702. The molecule has 11 rings (SSSR count). The molecule has 0 unspecified atom stereocenters. The first-order valence-corrected chi connectivity index (χ1v) is 20.3. The zero-order valence-corrected chi connectivity index (χ0v) is 32.9. The van der Waals surface area contributed by atoms with Gasteiger partial charge in [-0.1, -0.05) is 178 Å². The van der Waals surface area contributed by atoms with Gasteiger partial charge in [-0.25, -0.2) is 0 Å². The summed E-state index contributed by atoms with van der Waals surface area (Å²) >= 11 is 0. The van der Waals surface area contributed by atoms with Crippen LogP contribution in [0.5, 0.6) is 0 Å². The highest BCUT2D eigenvalue weighted by Crippen LogP contribution is 2.47. The van der Waals surface area contributed by atoms with E-state index in [1.54, 1.807) is 0 Å². The average Bonchev–Trinajstić information content (AvgIpc) is 3.27. The predicted octanol–water partition coefficient (Wildman–Crippen LogP) is 16.0. The summed E-state index contributed by atoms with van der Waals surface area (Å²) in [6, 6.07) is 69.8. The summed E-state index contributed by atoms with van der Waals surface area (Å²) < 4.78 is 0. The third-order valence-electron chi connectivity index (χ3n) is 12.2. The molecule has 1 aromatic heterocycles. The van der Waals surface area contributed by atoms with Gasteiger partial charge in [0.05, 0.1) is 5.52 Å². The van der Waals surface area contributed by atoms with E-state index in [2.05, 4.69) is 203 Å². The summed E-state index contributed by atoms with van der Waals surface area (Å²) in [5.74, 6) is 0. The Kier molecular flexibility index (Phi) is 7.81. The third-order valence-corrected chi connectivity index (χ3v) is 12.2. The van der Waals surface area contributed by atoms with Gasteiger partial charge >= 0.3 is 0 Å². The van der Waals surface area contributed by atoms with E-state index in [0.29, 0.717) is 0 Å². The van der Waals surface area contributed by atoms with Crippen LogP contribution in [0.2, 0.25) is 0 Å². The zero-order chi connectivity index (χ0) is 39.0. The van der Waals surface area contributed by atoms with Crippen LogP contribution in [0.25, 0.3) is 109 Å². The van der Waals surface area contributed by atoms with Crippen LogP contribution >= 0.6 is 0 Å². The molecule has 0 saturated carbocycles. The smallest absolute Gasteiger partial charge is 0.0786 e. The lowest BCUT2D eigenvalue weighted by Crippen LogP contribution is -2.10. The minimum atomic E-state index is -0.00141. The first-order chi connectivity index (χ1) is 28.4. The minimum absolute atomic E-state index is 0.00141. The zero-order valence-electron chi connectivity index (χ0n) is 32.9. The second-order valence-electron chi connectivity index (χ2n) is 16.8. The van der Waals surface area contributed by atoms with Gasteiger partial charge in [-0.15, -0.1) is 0 Å². The molecule has 58 heavy (non-hydrogen) atoms. The van der Waals surface area contributed by atoms with E-state index < -0.39 is 0 Å². The summed E-state index contributed by atoms with van der Waals surface area (Å²) in [5, 5.41) is 13.6. The fourth-order valence-electron chi connectivity index (χ4n) is 9.18. The predicted molar refractivity (Wildman–Crippen MR) is 250 cm³/mol. The topological polar surface area (TPSA) is 12.9 Å². The molecule has 1 heterocycles. The summed E-state index contributed by atoms with van der Waals surface area (Å²) in [6.07, 6.45) is 1.89. The molecule has 0 aliphatic carbocycles. The van der Waals surface area contributed by atoms with Crippen molar-refractivity contribution < 1.29 is 0 Å². The van der Waals surface area contributed by atoms with Gasteiger partial charge in [-0.2, -0.15) is 0 Å². The van der Waals surface area contributed by atoms with E-state index in [9.17, 15) is 0 Å². The Balaban J connectivity index is 1.16. The number of hydrogen-bond donors (Lipinski definition) is 0. The maximum Gasteiger partial charge on any atom is 0.0786 e. The standard InChI is InChI=1S/C57H41N/c1-57(2,3)47-28-30-50-52(35-47)54(46-26-20-37-11-5-7-13-43(37)33-46)49-29-27-44(34-51(49)53(50)45-25-19-36-10-4-6-12-42(36)32-45)38-17-21-39(22-18-38)48-16-8-14-40-23-24-41-15-9-31-58-56(41)55(40)48/h4-35H,1-3H3. The van der Waals surface area contributed by atoms with Gasteiger partial charge < -0.3 is 0 Å². The second-order valence-corrected chi connectivity index (χ2v) is 16.8. The number of aromatic nitrogens is 1. The Bertz CT molecular complexity index is 3420. The molecule has 1 heteroatoms. The lowest BCUT2D eigenvalue weighted by atomic mass is 9.80. The van der Waals surface area contributed by atoms with Gasteiger partial charge in [-0.3, -0.25) is 4.98 Å². The van der Waals surface area contributed by atoms with Gasteiger partial charge in [-0.05, 0) is 134 Å². The van der Waals surface area contributed by atoms with Crippen molar-refractivity contribution in [3.63, 3.8) is 0 Å². The van der Waals surface area contributed by atoms with Crippen LogP contribution in [-0.4, -0.2) is 4.98 Å². The van der Waals surface area contributed by atoms with E-state index in [1.807, 2.05) is 12.3 Å². The van der Waals surface area contributed by atoms with Gasteiger partial charge in [0, 0.05) is 17.0 Å². The number of rotatable bonds is 4. The molecule has 1 nitrogen and oxygen atoms in total. The van der Waals surface area contributed by atoms with Gasteiger partial charge in [0.15, 0.2) is 0 Å². The Labute approximate surface area is 338 Å². The van der Waals surface area contributed by atoms with Crippen LogP contribution in [-0.2, 0) is 5.41 Å². The molecule has 0 aliphatic rings. The van der Waals surface area contributed by atoms with Crippen LogP contribution in [0.4, 0.5) is 0 Å². The molecule has 10 aromatic carbocycles. The maximum atomic E-state index is 4.82. The molecule has 0 aliphatic heterocycles. The number of nitrogens with zero attached hydrogens (tertiary/aromatic N) is 1. The van der Waals surface area contributed by atoms with Crippen molar-refractivity contribution in [3.05, 3.63) is 200 Å². The lowest BCUT2D eigenvalue weighted by molar-refractivity contribution is 0.591. The quantitative estimate of drug-likeness (QED) is 0.129. The number of fused-ring (bicyclic) bond motifs is 7. The molecule has 0 amide bonds. The van der Waals surface area contributed by atoms with E-state index in [0.717, 1.165) is 10.9 Å². The molecule has 0 N–H and O–H groups in total. The number of benzene rings is 10. The molecule has 0 fully saturated rings. The molecule has 0 bridgehead atoms. The van der Waals surface area contributed by atoms with Crippen molar-refractivity contribution in [2.45, 2.75) is 26.2 Å². The molecule has 274 valence electrons. The third kappa shape index (κ3) is 5.65. The normalized spacial score (nSPS) is 12.1. The van der Waals surface area contributed by atoms with Crippen LogP contribution in [0, 0.1) is 0 Å². The summed E-state index contributed by atoms with van der Waals surface area (Å²) in [4.78, 5) is 4.82. The monoisotopic (exact) mass is 739 g/mol. The van der Waals surface area contributed by atoms with Gasteiger partial charge in [0.2, 0.25) is 0 Å². The average molecular weight is 740 g/mol. The van der Waals surface area contributed by atoms with Crippen molar-refractivity contribution in [1.82, 2.24) is 4.98 Å². The Morgan fingerprint density at radius 1 is 0.345 bits per heavy atom. The van der Waals surface area contributed by atoms with Crippen molar-refractivity contribution in [3.8, 4) is 44.5 Å². The van der Waals surface area contributed by atoms with Gasteiger partial charge in [0.1, 0.15) is 0 Å². The van der Waals surface area contributed by atoms with Crippen molar-refractivity contribution in [1.29, 1.82) is 0 Å². The van der Waals surface area contributed by atoms with Gasteiger partial charge in [0.25, 0.3) is 0 Å². The summed E-state index contributed by atoms with van der Waals surface area (Å²) in [5.41, 5.74) is 12.2. The van der Waals surface area contributed by atoms with Crippen LogP contribution in [0.15, 0.2) is 194 Å². The van der Waals surface area contributed by atoms with Crippen molar-refractivity contribution in [2.24, 2.45) is 0 Å². The molecular weight excluding hydrogens is 699 g/mol. The Morgan fingerprint density at radius 3 is 1.53 bits per heavy atom. The van der Waals surface area contributed by atoms with Crippen LogP contribution in [0.3, 0.4) is 0 Å². The highest BCUT2D eigenvalue weighted by molar-refractivity contribution is 6.23. The van der Waals surface area contributed by atoms with E-state index in [1.165, 1.54) is 104 Å². The SMILES string of the molecule is CC(C)(C)c1ccc2c(-c3ccc4ccccc4c3)c3cc(-c4ccc(-c5cccc6ccc7cccnc7c56)cc4)ccc3c(-c3ccc4ccccc4c3)c2c1. The van der Waals surface area contributed by atoms with Crippen LogP contribution < -0.4 is 0 Å². The van der Waals surface area contributed by atoms with E-state index in [-0.39, 0.29) is 5.41 Å². The first-order valence-electron chi connectivity index (χ1n) is 20.3. The highest BCUT2D eigenvalue weighted by atomic mass is 14.6. The number of hydrogen-bond acceptors (Lipinski definition) is 1. The lowest BCUT2D eigenvalue weighted by Gasteiger charge is -2.23. The fourth-order valence-corrected chi connectivity index (χ4v) is 9.18. The summed E-state index contributed by atoms with van der Waals surface area (Å²) in [7, 11) is 0. The van der Waals surface area contributed by atoms with E-state index in [4.69, 9.17) is 4.98 Å². The summed E-state index contributed by atoms with van der Waals surface area (Å²) in [6.45, 7) is 6.93. The molecule has 0 saturated heterocycles. The molecule has 0 atom stereocenters. The van der Waals surface area contributed by atoms with Crippen molar-refractivity contribution >= 4 is 64.8 Å².